The molecule has 0 aliphatic carbocycles. The van der Waals surface area contributed by atoms with Gasteiger partial charge in [0.2, 0.25) is 11.8 Å². The highest BCUT2D eigenvalue weighted by molar-refractivity contribution is 7.39. The smallest absolute Gasteiger partial charge is 0.391 e. The molecule has 0 radical (unpaired) electrons. The predicted molar refractivity (Wildman–Crippen MR) is 110 cm³/mol. The van der Waals surface area contributed by atoms with Crippen molar-refractivity contribution in [2.75, 3.05) is 6.54 Å². The standard InChI is InChI=1S/C20H27N2O6P/c1-14(2)12-18(20(25)22-11-3-4-16(22)13-23)21-19(24)10-7-15-5-8-17(9-6-15)28-29(26)27/h5-10,13-14,16,18,26-27H,3-4,11-12H2,1-2H3,(H,21,24)/b10-7+. The van der Waals surface area contributed by atoms with Crippen LogP contribution in [0, 0.1) is 5.92 Å². The quantitative estimate of drug-likeness (QED) is 0.319. The molecule has 3 N–H and O–H groups in total. The topological polar surface area (TPSA) is 116 Å². The van der Waals surface area contributed by atoms with Crippen molar-refractivity contribution in [2.45, 2.75) is 45.2 Å². The van der Waals surface area contributed by atoms with Crippen molar-refractivity contribution in [3.8, 4) is 5.75 Å². The minimum absolute atomic E-state index is 0.196. The van der Waals surface area contributed by atoms with Gasteiger partial charge in [-0.3, -0.25) is 9.59 Å². The summed E-state index contributed by atoms with van der Waals surface area (Å²) in [6, 6.07) is 5.33. The van der Waals surface area contributed by atoms with Gasteiger partial charge in [0.1, 0.15) is 18.1 Å². The zero-order chi connectivity index (χ0) is 21.4. The Kier molecular flexibility index (Phi) is 8.76. The summed E-state index contributed by atoms with van der Waals surface area (Å²) in [4.78, 5) is 55.7. The van der Waals surface area contributed by atoms with E-state index in [0.29, 0.717) is 30.7 Å². The van der Waals surface area contributed by atoms with Crippen molar-refractivity contribution in [3.63, 3.8) is 0 Å². The van der Waals surface area contributed by atoms with Crippen LogP contribution in [-0.2, 0) is 14.4 Å². The first-order chi connectivity index (χ1) is 13.8. The second-order valence-electron chi connectivity index (χ2n) is 7.31. The fourth-order valence-electron chi connectivity index (χ4n) is 3.23. The molecular formula is C20H27N2O6P. The number of aldehydes is 1. The molecule has 29 heavy (non-hydrogen) atoms. The molecule has 0 spiro atoms. The van der Waals surface area contributed by atoms with E-state index in [2.05, 4.69) is 5.32 Å². The molecule has 1 fully saturated rings. The normalized spacial score (nSPS) is 17.7. The number of likely N-dealkylation sites (tertiary alicyclic amines) is 1. The fourth-order valence-corrected chi connectivity index (χ4v) is 3.54. The van der Waals surface area contributed by atoms with E-state index in [1.807, 2.05) is 13.8 Å². The minimum atomic E-state index is -2.48. The van der Waals surface area contributed by atoms with E-state index in [4.69, 9.17) is 14.3 Å². The summed E-state index contributed by atoms with van der Waals surface area (Å²) in [6.07, 6.45) is 5.64. The molecule has 1 aromatic carbocycles. The second-order valence-corrected chi connectivity index (χ2v) is 8.00. The number of amides is 2. The Morgan fingerprint density at radius 3 is 2.59 bits per heavy atom. The number of nitrogens with one attached hydrogen (secondary N) is 1. The molecule has 1 saturated heterocycles. The van der Waals surface area contributed by atoms with Gasteiger partial charge in [0, 0.05) is 12.6 Å². The SMILES string of the molecule is CC(C)CC(NC(=O)/C=C/c1ccc(OP(O)O)cc1)C(=O)N1CCCC1C=O. The summed E-state index contributed by atoms with van der Waals surface area (Å²) in [6.45, 7) is 4.47. The summed E-state index contributed by atoms with van der Waals surface area (Å²) in [5.41, 5.74) is 0.708. The average Bonchev–Trinajstić information content (AvgIpc) is 3.14. The van der Waals surface area contributed by atoms with Gasteiger partial charge in [0.05, 0.1) is 6.04 Å². The van der Waals surface area contributed by atoms with Crippen LogP contribution in [0.4, 0.5) is 0 Å². The highest BCUT2D eigenvalue weighted by Gasteiger charge is 2.33. The number of carbonyl (C=O) groups is 3. The zero-order valence-corrected chi connectivity index (χ0v) is 17.4. The number of nitrogens with zero attached hydrogens (tertiary/aromatic N) is 1. The molecule has 2 amide bonds. The largest absolute Gasteiger partial charge is 0.427 e. The van der Waals surface area contributed by atoms with E-state index in [1.54, 1.807) is 35.2 Å². The number of benzene rings is 1. The Balaban J connectivity index is 2.01. The molecule has 9 heteroatoms. The van der Waals surface area contributed by atoms with Crippen LogP contribution in [0.25, 0.3) is 6.08 Å². The molecule has 1 aromatic rings. The maximum Gasteiger partial charge on any atom is 0.391 e. The van der Waals surface area contributed by atoms with Gasteiger partial charge < -0.3 is 29.3 Å². The summed E-state index contributed by atoms with van der Waals surface area (Å²) >= 11 is 0. The Labute approximate surface area is 171 Å². The molecule has 2 rings (SSSR count). The monoisotopic (exact) mass is 422 g/mol. The zero-order valence-electron chi connectivity index (χ0n) is 16.5. The lowest BCUT2D eigenvalue weighted by molar-refractivity contribution is -0.138. The fraction of sp³-hybridized carbons (Fsp3) is 0.450. The van der Waals surface area contributed by atoms with Crippen molar-refractivity contribution < 1.29 is 28.7 Å². The van der Waals surface area contributed by atoms with Gasteiger partial charge in [0.25, 0.3) is 0 Å². The van der Waals surface area contributed by atoms with Gasteiger partial charge in [-0.2, -0.15) is 0 Å². The number of hydrogen-bond acceptors (Lipinski definition) is 6. The van der Waals surface area contributed by atoms with Crippen LogP contribution >= 0.6 is 8.60 Å². The number of rotatable bonds is 9. The third-order valence-electron chi connectivity index (χ3n) is 4.56. The first kappa shape index (κ1) is 23.0. The summed E-state index contributed by atoms with van der Waals surface area (Å²) in [5.74, 6) is -0.122. The molecule has 2 unspecified atom stereocenters. The molecule has 0 aromatic heterocycles. The van der Waals surface area contributed by atoms with Crippen molar-refractivity contribution in [2.24, 2.45) is 5.92 Å². The lowest BCUT2D eigenvalue weighted by atomic mass is 10.0. The van der Waals surface area contributed by atoms with Gasteiger partial charge in [0.15, 0.2) is 0 Å². The van der Waals surface area contributed by atoms with E-state index in [1.165, 1.54) is 6.08 Å². The molecule has 2 atom stereocenters. The Hall–Kier alpha value is -2.28. The van der Waals surface area contributed by atoms with E-state index < -0.39 is 26.6 Å². The van der Waals surface area contributed by atoms with Crippen molar-refractivity contribution >= 4 is 32.8 Å². The van der Waals surface area contributed by atoms with Crippen molar-refractivity contribution in [1.29, 1.82) is 0 Å². The molecule has 0 bridgehead atoms. The summed E-state index contributed by atoms with van der Waals surface area (Å²) in [5, 5.41) is 2.76. The van der Waals surface area contributed by atoms with Gasteiger partial charge in [-0.05, 0) is 49.0 Å². The number of carbonyl (C=O) groups excluding carboxylic acids is 3. The van der Waals surface area contributed by atoms with E-state index in [0.717, 1.165) is 12.7 Å². The molecule has 1 aliphatic rings. The van der Waals surface area contributed by atoms with Crippen LogP contribution < -0.4 is 9.84 Å². The Morgan fingerprint density at radius 2 is 2.00 bits per heavy atom. The lowest BCUT2D eigenvalue weighted by Crippen LogP contribution is -2.50. The highest BCUT2D eigenvalue weighted by atomic mass is 31.2. The second kappa shape index (κ2) is 11.0. The molecule has 8 nitrogen and oxygen atoms in total. The molecule has 1 aliphatic heterocycles. The van der Waals surface area contributed by atoms with Crippen LogP contribution in [0.2, 0.25) is 0 Å². The Bertz CT molecular complexity index is 735. The van der Waals surface area contributed by atoms with Crippen LogP contribution in [0.3, 0.4) is 0 Å². The van der Waals surface area contributed by atoms with Crippen LogP contribution in [-0.4, -0.2) is 51.4 Å². The highest BCUT2D eigenvalue weighted by Crippen LogP contribution is 2.28. The minimum Gasteiger partial charge on any atom is -0.427 e. The van der Waals surface area contributed by atoms with Crippen LogP contribution in [0.5, 0.6) is 5.75 Å². The van der Waals surface area contributed by atoms with Gasteiger partial charge in [-0.15, -0.1) is 0 Å². The van der Waals surface area contributed by atoms with E-state index in [9.17, 15) is 14.4 Å². The van der Waals surface area contributed by atoms with Crippen molar-refractivity contribution in [3.05, 3.63) is 35.9 Å². The van der Waals surface area contributed by atoms with E-state index >= 15 is 0 Å². The molecule has 1 heterocycles. The van der Waals surface area contributed by atoms with Gasteiger partial charge >= 0.3 is 8.60 Å². The van der Waals surface area contributed by atoms with Crippen molar-refractivity contribution in [1.82, 2.24) is 10.2 Å². The average molecular weight is 422 g/mol. The van der Waals surface area contributed by atoms with Gasteiger partial charge in [-0.1, -0.05) is 26.0 Å². The summed E-state index contributed by atoms with van der Waals surface area (Å²) < 4.78 is 4.78. The summed E-state index contributed by atoms with van der Waals surface area (Å²) in [7, 11) is -2.48. The first-order valence-electron chi connectivity index (χ1n) is 9.50. The maximum absolute atomic E-state index is 12.9. The van der Waals surface area contributed by atoms with Crippen LogP contribution in [0.1, 0.15) is 38.7 Å². The third kappa shape index (κ3) is 7.24. The Morgan fingerprint density at radius 1 is 1.31 bits per heavy atom. The van der Waals surface area contributed by atoms with E-state index in [-0.39, 0.29) is 11.8 Å². The van der Waals surface area contributed by atoms with Gasteiger partial charge in [-0.25, -0.2) is 0 Å². The number of hydrogen-bond donors (Lipinski definition) is 3. The predicted octanol–water partition coefficient (Wildman–Crippen LogP) is 2.01. The molecular weight excluding hydrogens is 395 g/mol. The third-order valence-corrected chi connectivity index (χ3v) is 4.93. The molecule has 0 saturated carbocycles. The van der Waals surface area contributed by atoms with Crippen LogP contribution in [0.15, 0.2) is 30.3 Å². The molecule has 158 valence electrons. The maximum atomic E-state index is 12.9. The first-order valence-corrected chi connectivity index (χ1v) is 10.7. The lowest BCUT2D eigenvalue weighted by Gasteiger charge is -2.27.